The third-order valence-corrected chi connectivity index (χ3v) is 5.20. The molecule has 0 bridgehead atoms. The Labute approximate surface area is 158 Å². The third kappa shape index (κ3) is 3.63. The first-order chi connectivity index (χ1) is 13.1. The highest BCUT2D eigenvalue weighted by molar-refractivity contribution is 5.96. The summed E-state index contributed by atoms with van der Waals surface area (Å²) in [5.41, 5.74) is 3.70. The monoisotopic (exact) mass is 361 g/mol. The Balaban J connectivity index is 1.63. The van der Waals surface area contributed by atoms with E-state index in [-0.39, 0.29) is 23.5 Å². The molecular formula is C22H23N3O2. The van der Waals surface area contributed by atoms with Crippen molar-refractivity contribution >= 4 is 16.9 Å². The summed E-state index contributed by atoms with van der Waals surface area (Å²) in [6, 6.07) is 15.8. The van der Waals surface area contributed by atoms with Crippen molar-refractivity contribution in [2.24, 2.45) is 0 Å². The zero-order chi connectivity index (χ0) is 18.8. The molecule has 2 aromatic carbocycles. The van der Waals surface area contributed by atoms with Crippen molar-refractivity contribution < 1.29 is 9.90 Å². The van der Waals surface area contributed by atoms with E-state index in [1.54, 1.807) is 12.1 Å². The van der Waals surface area contributed by atoms with Crippen LogP contribution in [-0.2, 0) is 6.42 Å². The predicted octanol–water partition coefficient (Wildman–Crippen LogP) is 3.88. The second-order valence-electron chi connectivity index (χ2n) is 7.23. The number of amides is 1. The number of aryl methyl sites for hydroxylation is 1. The van der Waals surface area contributed by atoms with E-state index >= 15 is 0 Å². The first-order valence-corrected chi connectivity index (χ1v) is 9.44. The molecule has 27 heavy (non-hydrogen) atoms. The van der Waals surface area contributed by atoms with Crippen LogP contribution in [0.1, 0.15) is 40.9 Å². The van der Waals surface area contributed by atoms with Crippen molar-refractivity contribution in [1.82, 2.24) is 14.9 Å². The molecule has 1 saturated heterocycles. The molecule has 1 N–H and O–H groups in total. The number of aromatic hydroxyl groups is 1. The zero-order valence-corrected chi connectivity index (χ0v) is 15.4. The van der Waals surface area contributed by atoms with Gasteiger partial charge in [-0.15, -0.1) is 0 Å². The lowest BCUT2D eigenvalue weighted by Gasteiger charge is -2.35. The summed E-state index contributed by atoms with van der Waals surface area (Å²) in [6.45, 7) is 2.76. The van der Waals surface area contributed by atoms with E-state index in [1.807, 2.05) is 17.0 Å². The summed E-state index contributed by atoms with van der Waals surface area (Å²) >= 11 is 0. The van der Waals surface area contributed by atoms with Gasteiger partial charge in [0.1, 0.15) is 0 Å². The van der Waals surface area contributed by atoms with E-state index < -0.39 is 0 Å². The van der Waals surface area contributed by atoms with Crippen LogP contribution >= 0.6 is 0 Å². The summed E-state index contributed by atoms with van der Waals surface area (Å²) in [5, 5.41) is 10.3. The van der Waals surface area contributed by atoms with E-state index in [1.165, 1.54) is 11.1 Å². The van der Waals surface area contributed by atoms with Crippen molar-refractivity contribution in [3.8, 4) is 5.88 Å². The number of benzene rings is 2. The van der Waals surface area contributed by atoms with Crippen molar-refractivity contribution in [2.45, 2.75) is 38.6 Å². The van der Waals surface area contributed by atoms with E-state index in [2.05, 4.69) is 41.2 Å². The first kappa shape index (κ1) is 17.5. The number of nitrogens with zero attached hydrogens (tertiary/aromatic N) is 3. The molecule has 0 radical (unpaired) electrons. The lowest BCUT2D eigenvalue weighted by atomic mass is 9.94. The SMILES string of the molecule is Cc1cccc(CC2CCCCN2C(=O)c2nc3ccccc3nc2O)c1. The van der Waals surface area contributed by atoms with E-state index in [4.69, 9.17) is 0 Å². The maximum Gasteiger partial charge on any atom is 0.278 e. The largest absolute Gasteiger partial charge is 0.492 e. The number of carbonyl (C=O) groups is 1. The van der Waals surface area contributed by atoms with Gasteiger partial charge in [-0.05, 0) is 50.3 Å². The van der Waals surface area contributed by atoms with Gasteiger partial charge >= 0.3 is 0 Å². The van der Waals surface area contributed by atoms with Gasteiger partial charge in [-0.2, -0.15) is 0 Å². The number of carbonyl (C=O) groups excluding carboxylic acids is 1. The number of para-hydroxylation sites is 2. The molecule has 0 saturated carbocycles. The fraction of sp³-hybridized carbons (Fsp3) is 0.318. The highest BCUT2D eigenvalue weighted by atomic mass is 16.3. The van der Waals surface area contributed by atoms with Gasteiger partial charge in [-0.3, -0.25) is 4.79 Å². The van der Waals surface area contributed by atoms with Crippen LogP contribution in [-0.4, -0.2) is 38.5 Å². The Morgan fingerprint density at radius 3 is 2.67 bits per heavy atom. The lowest BCUT2D eigenvalue weighted by Crippen LogP contribution is -2.45. The Bertz CT molecular complexity index is 986. The molecule has 5 heteroatoms. The minimum absolute atomic E-state index is 0.0462. The van der Waals surface area contributed by atoms with Crippen LogP contribution in [0.2, 0.25) is 0 Å². The normalized spacial score (nSPS) is 17.2. The average Bonchev–Trinajstić information content (AvgIpc) is 2.67. The average molecular weight is 361 g/mol. The van der Waals surface area contributed by atoms with Crippen molar-refractivity contribution in [3.63, 3.8) is 0 Å². The number of aromatic nitrogens is 2. The highest BCUT2D eigenvalue weighted by Crippen LogP contribution is 2.26. The molecule has 3 aromatic rings. The van der Waals surface area contributed by atoms with E-state index in [9.17, 15) is 9.90 Å². The van der Waals surface area contributed by atoms with Crippen LogP contribution in [0.4, 0.5) is 0 Å². The molecule has 1 aliphatic heterocycles. The third-order valence-electron chi connectivity index (χ3n) is 5.20. The molecule has 1 unspecified atom stereocenters. The maximum absolute atomic E-state index is 13.2. The Kier molecular flexibility index (Phi) is 4.75. The summed E-state index contributed by atoms with van der Waals surface area (Å²) in [7, 11) is 0. The van der Waals surface area contributed by atoms with Gasteiger partial charge in [-0.25, -0.2) is 9.97 Å². The molecule has 1 fully saturated rings. The summed E-state index contributed by atoms with van der Waals surface area (Å²) < 4.78 is 0. The minimum atomic E-state index is -0.293. The molecule has 0 spiro atoms. The summed E-state index contributed by atoms with van der Waals surface area (Å²) in [4.78, 5) is 23.6. The molecule has 1 aliphatic rings. The van der Waals surface area contributed by atoms with Crippen molar-refractivity contribution in [3.05, 3.63) is 65.4 Å². The number of hydrogen-bond acceptors (Lipinski definition) is 4. The van der Waals surface area contributed by atoms with Gasteiger partial charge in [0.15, 0.2) is 5.69 Å². The highest BCUT2D eigenvalue weighted by Gasteiger charge is 2.30. The van der Waals surface area contributed by atoms with Crippen molar-refractivity contribution in [1.29, 1.82) is 0 Å². The Morgan fingerprint density at radius 1 is 1.11 bits per heavy atom. The number of likely N-dealkylation sites (tertiary alicyclic amines) is 1. The lowest BCUT2D eigenvalue weighted by molar-refractivity contribution is 0.0603. The van der Waals surface area contributed by atoms with E-state index in [0.717, 1.165) is 25.7 Å². The van der Waals surface area contributed by atoms with Gasteiger partial charge in [0.05, 0.1) is 11.0 Å². The maximum atomic E-state index is 13.2. The van der Waals surface area contributed by atoms with Crippen molar-refractivity contribution in [2.75, 3.05) is 6.54 Å². The van der Waals surface area contributed by atoms with Crippen LogP contribution < -0.4 is 0 Å². The summed E-state index contributed by atoms with van der Waals surface area (Å²) in [5.74, 6) is -0.526. The van der Waals surface area contributed by atoms with Gasteiger partial charge in [0.25, 0.3) is 5.91 Å². The summed E-state index contributed by atoms with van der Waals surface area (Å²) in [6.07, 6.45) is 3.85. The Morgan fingerprint density at radius 2 is 1.89 bits per heavy atom. The standard InChI is InChI=1S/C22H23N3O2/c1-15-7-6-8-16(13-15)14-17-9-4-5-12-25(17)22(27)20-21(26)24-19-11-3-2-10-18(19)23-20/h2-3,6-8,10-11,13,17H,4-5,9,12,14H2,1H3,(H,24,26). The molecule has 4 rings (SSSR count). The van der Waals surface area contributed by atoms with E-state index in [0.29, 0.717) is 17.6 Å². The van der Waals surface area contributed by atoms with Crippen LogP contribution in [0.25, 0.3) is 11.0 Å². The molecule has 2 heterocycles. The van der Waals surface area contributed by atoms with Gasteiger partial charge in [-0.1, -0.05) is 42.0 Å². The molecule has 0 aliphatic carbocycles. The second kappa shape index (κ2) is 7.35. The van der Waals surface area contributed by atoms with Crippen LogP contribution in [0.3, 0.4) is 0 Å². The topological polar surface area (TPSA) is 66.3 Å². The minimum Gasteiger partial charge on any atom is -0.492 e. The molecule has 1 atom stereocenters. The quantitative estimate of drug-likeness (QED) is 0.769. The molecule has 1 amide bonds. The number of rotatable bonds is 3. The number of hydrogen-bond donors (Lipinski definition) is 1. The molecular weight excluding hydrogens is 338 g/mol. The van der Waals surface area contributed by atoms with Crippen LogP contribution in [0.5, 0.6) is 5.88 Å². The first-order valence-electron chi connectivity index (χ1n) is 9.44. The smallest absolute Gasteiger partial charge is 0.278 e. The Hall–Kier alpha value is -2.95. The van der Waals surface area contributed by atoms with Crippen LogP contribution in [0, 0.1) is 6.92 Å². The fourth-order valence-corrected chi connectivity index (χ4v) is 3.86. The van der Waals surface area contributed by atoms with Crippen LogP contribution in [0.15, 0.2) is 48.5 Å². The zero-order valence-electron chi connectivity index (χ0n) is 15.4. The van der Waals surface area contributed by atoms with Gasteiger partial charge in [0.2, 0.25) is 5.88 Å². The predicted molar refractivity (Wildman–Crippen MR) is 105 cm³/mol. The fourth-order valence-electron chi connectivity index (χ4n) is 3.86. The number of piperidine rings is 1. The van der Waals surface area contributed by atoms with Gasteiger partial charge in [0, 0.05) is 12.6 Å². The molecule has 138 valence electrons. The molecule has 5 nitrogen and oxygen atoms in total. The molecule has 1 aromatic heterocycles. The second-order valence-corrected chi connectivity index (χ2v) is 7.23. The number of fused-ring (bicyclic) bond motifs is 1. The van der Waals surface area contributed by atoms with Gasteiger partial charge < -0.3 is 10.0 Å².